The van der Waals surface area contributed by atoms with E-state index in [4.69, 9.17) is 14.2 Å². The lowest BCUT2D eigenvalue weighted by molar-refractivity contribution is -0.229. The minimum Gasteiger partial charge on any atom is -0.361 e. The van der Waals surface area contributed by atoms with Gasteiger partial charge in [-0.25, -0.2) is 9.37 Å². The van der Waals surface area contributed by atoms with Gasteiger partial charge in [0.2, 0.25) is 0 Å². The van der Waals surface area contributed by atoms with Crippen LogP contribution in [0.15, 0.2) is 152 Å². The Morgan fingerprint density at radius 2 is 0.889 bits per heavy atom. The molecule has 0 saturated heterocycles. The zero-order valence-electron chi connectivity index (χ0n) is 33.8. The van der Waals surface area contributed by atoms with Crippen molar-refractivity contribution in [2.24, 2.45) is 34.0 Å². The Hall–Kier alpha value is -4.29. The smallest absolute Gasteiger partial charge is 0.344 e. The van der Waals surface area contributed by atoms with E-state index in [-0.39, 0.29) is 28.6 Å². The first-order chi connectivity index (χ1) is 25.6. The maximum atomic E-state index is 14.6. The maximum absolute atomic E-state index is 14.6. The molecular formula is C49H60O4Si. The Morgan fingerprint density at radius 3 is 1.22 bits per heavy atom. The minimum atomic E-state index is -2.31. The second kappa shape index (κ2) is 17.4. The molecule has 0 saturated carbocycles. The molecule has 0 heterocycles. The fourth-order valence-corrected chi connectivity index (χ4v) is 9.73. The van der Waals surface area contributed by atoms with Gasteiger partial charge in [-0.05, 0) is 61.6 Å². The largest absolute Gasteiger partial charge is 0.361 e. The van der Waals surface area contributed by atoms with Crippen LogP contribution < -0.4 is 10.4 Å². The van der Waals surface area contributed by atoms with Gasteiger partial charge in [-0.3, -0.25) is 0 Å². The number of carbonyl (C=O) groups is 1. The third-order valence-corrected chi connectivity index (χ3v) is 13.2. The predicted octanol–water partition coefficient (Wildman–Crippen LogP) is 10.4. The van der Waals surface area contributed by atoms with Crippen LogP contribution >= 0.6 is 0 Å². The molecule has 4 nitrogen and oxygen atoms in total. The number of hydrogen-bond acceptors (Lipinski definition) is 4. The number of carbonyl (C=O) groups excluding carboxylic acids is 1. The highest BCUT2D eigenvalue weighted by Crippen LogP contribution is 2.49. The normalized spacial score (nSPS) is 14.3. The van der Waals surface area contributed by atoms with Gasteiger partial charge in [0.15, 0.2) is 0 Å². The number of ether oxygens (including phenoxy) is 1. The molecule has 3 atom stereocenters. The SMILES string of the molecule is CC(C)(C)C(C(=O)OO[SiH](c1ccccc1)c1ccccc1)[C@@H](C[C@H](COC(c1ccccc1)(c1ccccc1)c1ccccc1)C(C)(C)C)C(C)(C)C. The lowest BCUT2D eigenvalue weighted by atomic mass is 9.60. The van der Waals surface area contributed by atoms with E-state index >= 15 is 0 Å². The molecule has 0 aliphatic heterocycles. The lowest BCUT2D eigenvalue weighted by Crippen LogP contribution is -2.48. The van der Waals surface area contributed by atoms with Crippen LogP contribution in [0.3, 0.4) is 0 Å². The Labute approximate surface area is 326 Å². The molecule has 0 bridgehead atoms. The van der Waals surface area contributed by atoms with Gasteiger partial charge >= 0.3 is 15.0 Å². The molecule has 0 spiro atoms. The first-order valence-electron chi connectivity index (χ1n) is 19.4. The molecule has 0 fully saturated rings. The summed E-state index contributed by atoms with van der Waals surface area (Å²) in [6.07, 6.45) is 0.761. The summed E-state index contributed by atoms with van der Waals surface area (Å²) in [4.78, 5) is 20.6. The number of hydrogen-bond donors (Lipinski definition) is 0. The summed E-state index contributed by atoms with van der Waals surface area (Å²) in [5.41, 5.74) is 1.62. The molecule has 0 aliphatic rings. The molecule has 0 radical (unpaired) electrons. The first kappa shape index (κ1) is 40.9. The molecule has 5 aromatic rings. The molecule has 5 heteroatoms. The standard InChI is InChI=1S/C49H60O4Si/c1-46(2,3)40(36-51-49(37-25-15-10-16-26-37,38-27-17-11-18-28-38)39-29-19-12-20-30-39)35-43(47(4,5)6)44(48(7,8)9)45(50)52-53-54(41-31-21-13-22-32-41)42-33-23-14-24-34-42/h10-34,40,43-44,54H,35-36H2,1-9H3/t40-,43-,44?/m1/s1. The number of benzene rings is 5. The molecule has 284 valence electrons. The second-order valence-corrected chi connectivity index (χ2v) is 20.2. The van der Waals surface area contributed by atoms with Crippen LogP contribution in [0.4, 0.5) is 0 Å². The van der Waals surface area contributed by atoms with Gasteiger partial charge in [-0.15, -0.1) is 0 Å². The van der Waals surface area contributed by atoms with Gasteiger partial charge in [-0.2, -0.15) is 0 Å². The number of rotatable bonds is 14. The Balaban J connectivity index is 1.50. The Morgan fingerprint density at radius 1 is 0.519 bits per heavy atom. The van der Waals surface area contributed by atoms with E-state index in [1.807, 2.05) is 36.4 Å². The summed E-state index contributed by atoms with van der Waals surface area (Å²) in [5.74, 6) is -0.709. The first-order valence-corrected chi connectivity index (χ1v) is 21.0. The van der Waals surface area contributed by atoms with Gasteiger partial charge in [0.05, 0.1) is 12.5 Å². The van der Waals surface area contributed by atoms with Gasteiger partial charge in [-0.1, -0.05) is 214 Å². The van der Waals surface area contributed by atoms with Gasteiger partial charge in [0, 0.05) is 0 Å². The summed E-state index contributed by atoms with van der Waals surface area (Å²) in [7, 11) is -2.31. The van der Waals surface area contributed by atoms with Crippen molar-refractivity contribution in [1.29, 1.82) is 0 Å². The molecule has 54 heavy (non-hydrogen) atoms. The lowest BCUT2D eigenvalue weighted by Gasteiger charge is -2.46. The van der Waals surface area contributed by atoms with Crippen LogP contribution in [0.2, 0.25) is 0 Å². The maximum Gasteiger partial charge on any atom is 0.344 e. The van der Waals surface area contributed by atoms with Crippen LogP contribution in [0, 0.1) is 34.0 Å². The van der Waals surface area contributed by atoms with E-state index in [9.17, 15) is 4.79 Å². The van der Waals surface area contributed by atoms with Crippen LogP contribution in [-0.2, 0) is 24.6 Å². The minimum absolute atomic E-state index is 0.0467. The summed E-state index contributed by atoms with van der Waals surface area (Å²) >= 11 is 0. The van der Waals surface area contributed by atoms with Crippen molar-refractivity contribution in [2.75, 3.05) is 6.61 Å². The van der Waals surface area contributed by atoms with Crippen molar-refractivity contribution in [2.45, 2.75) is 74.3 Å². The topological polar surface area (TPSA) is 44.8 Å². The van der Waals surface area contributed by atoms with Crippen LogP contribution in [-0.4, -0.2) is 21.6 Å². The molecular weight excluding hydrogens is 681 g/mol. The van der Waals surface area contributed by atoms with Gasteiger partial charge < -0.3 is 9.62 Å². The van der Waals surface area contributed by atoms with E-state index in [2.05, 4.69) is 178 Å². The Bertz CT molecular complexity index is 1720. The van der Waals surface area contributed by atoms with E-state index in [0.29, 0.717) is 6.61 Å². The molecule has 5 rings (SSSR count). The predicted molar refractivity (Wildman–Crippen MR) is 225 cm³/mol. The third kappa shape index (κ3) is 9.87. The molecule has 0 amide bonds. The zero-order chi connectivity index (χ0) is 39.0. The Kier molecular flexibility index (Phi) is 13.2. The van der Waals surface area contributed by atoms with Crippen molar-refractivity contribution in [3.8, 4) is 0 Å². The highest BCUT2D eigenvalue weighted by Gasteiger charge is 2.48. The fourth-order valence-electron chi connectivity index (χ4n) is 7.79. The highest BCUT2D eigenvalue weighted by atomic mass is 28.3. The van der Waals surface area contributed by atoms with Crippen molar-refractivity contribution in [3.63, 3.8) is 0 Å². The van der Waals surface area contributed by atoms with Crippen molar-refractivity contribution in [1.82, 2.24) is 0 Å². The second-order valence-electron chi connectivity index (χ2n) is 17.9. The molecule has 0 N–H and O–H groups in total. The van der Waals surface area contributed by atoms with E-state index in [0.717, 1.165) is 33.5 Å². The summed E-state index contributed by atoms with van der Waals surface area (Å²) < 4.78 is 13.7. The summed E-state index contributed by atoms with van der Waals surface area (Å²) in [6.45, 7) is 20.5. The van der Waals surface area contributed by atoms with Crippen LogP contribution in [0.1, 0.15) is 85.4 Å². The third-order valence-electron chi connectivity index (χ3n) is 10.9. The molecule has 1 unspecified atom stereocenters. The van der Waals surface area contributed by atoms with Crippen molar-refractivity contribution in [3.05, 3.63) is 168 Å². The quantitative estimate of drug-likeness (QED) is 0.0492. The average Bonchev–Trinajstić information content (AvgIpc) is 3.15. The molecule has 5 aromatic carbocycles. The zero-order valence-corrected chi connectivity index (χ0v) is 34.9. The highest BCUT2D eigenvalue weighted by molar-refractivity contribution is 6.79. The van der Waals surface area contributed by atoms with Crippen molar-refractivity contribution < 1.29 is 19.0 Å². The van der Waals surface area contributed by atoms with Crippen LogP contribution in [0.25, 0.3) is 0 Å². The fraction of sp³-hybridized carbons (Fsp3) is 0.367. The molecule has 0 aromatic heterocycles. The van der Waals surface area contributed by atoms with Crippen LogP contribution in [0.5, 0.6) is 0 Å². The van der Waals surface area contributed by atoms with Gasteiger partial charge in [0.25, 0.3) is 0 Å². The van der Waals surface area contributed by atoms with E-state index in [1.165, 1.54) is 0 Å². The van der Waals surface area contributed by atoms with E-state index in [1.54, 1.807) is 0 Å². The summed E-state index contributed by atoms with van der Waals surface area (Å²) in [5, 5.41) is 2.11. The van der Waals surface area contributed by atoms with E-state index < -0.39 is 26.0 Å². The monoisotopic (exact) mass is 740 g/mol. The average molecular weight is 741 g/mol. The van der Waals surface area contributed by atoms with Gasteiger partial charge in [0.1, 0.15) is 5.60 Å². The molecule has 0 aliphatic carbocycles. The summed E-state index contributed by atoms with van der Waals surface area (Å²) in [6, 6.07) is 51.9. The van der Waals surface area contributed by atoms with Crippen molar-refractivity contribution >= 4 is 25.4 Å².